The van der Waals surface area contributed by atoms with Crippen LogP contribution in [-0.2, 0) is 38.8 Å². The molecule has 0 aliphatic heterocycles. The van der Waals surface area contributed by atoms with E-state index in [4.69, 9.17) is 16.8 Å². The quantitative estimate of drug-likeness (QED) is 0.371. The minimum atomic E-state index is -0.0598. The van der Waals surface area contributed by atoms with E-state index >= 15 is 0 Å². The van der Waals surface area contributed by atoms with Gasteiger partial charge in [0.1, 0.15) is 0 Å². The van der Waals surface area contributed by atoms with Gasteiger partial charge in [0.2, 0.25) is 0 Å². The molecule has 0 saturated carbocycles. The van der Waals surface area contributed by atoms with Crippen LogP contribution in [-0.4, -0.2) is 13.1 Å². The Hall–Kier alpha value is -0.581. The van der Waals surface area contributed by atoms with Crippen molar-refractivity contribution in [1.82, 2.24) is 0 Å². The van der Waals surface area contributed by atoms with E-state index in [2.05, 4.69) is 84.3 Å². The van der Waals surface area contributed by atoms with Gasteiger partial charge in [0.25, 0.3) is 0 Å². The van der Waals surface area contributed by atoms with E-state index in [1.165, 1.54) is 33.4 Å². The summed E-state index contributed by atoms with van der Waals surface area (Å²) in [6.45, 7) is 9.98. The summed E-state index contributed by atoms with van der Waals surface area (Å²) >= 11 is 0.757. The Labute approximate surface area is 197 Å². The van der Waals surface area contributed by atoms with E-state index in [-0.39, 0.29) is 12.1 Å². The molecule has 6 heteroatoms. The van der Waals surface area contributed by atoms with Gasteiger partial charge in [-0.15, -0.1) is 13.1 Å². The van der Waals surface area contributed by atoms with Crippen LogP contribution in [0.15, 0.2) is 36.4 Å². The topological polar surface area (TPSA) is 66.1 Å². The SMILES string of the molecule is CCc1cccc(CC)c1C(N)C[N-]CC(N)c1c(CC)cccc1CC.[Cl][Cu][Cl]. The van der Waals surface area contributed by atoms with Crippen molar-refractivity contribution < 1.29 is 13.1 Å². The van der Waals surface area contributed by atoms with Gasteiger partial charge in [0, 0.05) is 12.1 Å². The van der Waals surface area contributed by atoms with Gasteiger partial charge in [-0.2, -0.15) is 0 Å². The number of aryl methyl sites for hydroxylation is 4. The summed E-state index contributed by atoms with van der Waals surface area (Å²) in [7, 11) is 9.34. The maximum absolute atomic E-state index is 6.55. The molecule has 0 heterocycles. The van der Waals surface area contributed by atoms with Crippen molar-refractivity contribution in [3.63, 3.8) is 0 Å². The molecule has 2 rings (SSSR count). The number of hydrogen-bond donors (Lipinski definition) is 2. The molecule has 0 fully saturated rings. The van der Waals surface area contributed by atoms with Crippen LogP contribution in [0.3, 0.4) is 0 Å². The van der Waals surface area contributed by atoms with Crippen LogP contribution in [0, 0.1) is 0 Å². The van der Waals surface area contributed by atoms with Gasteiger partial charge in [-0.1, -0.05) is 64.1 Å². The van der Waals surface area contributed by atoms with Crippen LogP contribution in [0.5, 0.6) is 0 Å². The molecule has 0 spiro atoms. The molecular weight excluding hydrogens is 465 g/mol. The van der Waals surface area contributed by atoms with Gasteiger partial charge in [-0.25, -0.2) is 0 Å². The first-order chi connectivity index (χ1) is 14.5. The molecule has 2 aromatic rings. The molecular formula is C24H36Cl2CuN3-. The number of nitrogens with two attached hydrogens (primary N) is 2. The van der Waals surface area contributed by atoms with Crippen molar-refractivity contribution in [3.8, 4) is 0 Å². The number of rotatable bonds is 10. The molecule has 0 aromatic heterocycles. The zero-order chi connectivity index (χ0) is 22.5. The fraction of sp³-hybridized carbons (Fsp3) is 0.500. The third kappa shape index (κ3) is 7.84. The molecule has 3 nitrogen and oxygen atoms in total. The van der Waals surface area contributed by atoms with E-state index in [0.717, 1.165) is 38.8 Å². The molecule has 2 aromatic carbocycles. The number of nitrogens with zero attached hydrogens (tertiary/aromatic N) is 1. The normalized spacial score (nSPS) is 12.9. The fourth-order valence-electron chi connectivity index (χ4n) is 4.05. The zero-order valence-electron chi connectivity index (χ0n) is 18.5. The number of halogens is 2. The average Bonchev–Trinajstić information content (AvgIpc) is 2.77. The van der Waals surface area contributed by atoms with Gasteiger partial charge >= 0.3 is 33.3 Å². The van der Waals surface area contributed by atoms with E-state index in [0.29, 0.717) is 13.1 Å². The molecule has 0 aliphatic carbocycles. The third-order valence-corrected chi connectivity index (χ3v) is 5.49. The van der Waals surface area contributed by atoms with Crippen LogP contribution in [0.1, 0.15) is 73.2 Å². The predicted molar refractivity (Wildman–Crippen MR) is 129 cm³/mol. The van der Waals surface area contributed by atoms with E-state index in [1.54, 1.807) is 0 Å². The standard InChI is InChI=1S/C24H36N3.2ClH.Cu/c1-5-17-11-9-12-18(6-2)23(17)21(25)15-27-16-22(26)24-19(7-3)13-10-14-20(24)8-4;;;/h9-14,21-22H,5-8,15-16,25-26H2,1-4H3;2*1H;/q-1;;;+2/p-2. The maximum atomic E-state index is 6.55. The molecule has 2 atom stereocenters. The Morgan fingerprint density at radius 1 is 0.700 bits per heavy atom. The summed E-state index contributed by atoms with van der Waals surface area (Å²) in [6, 6.07) is 12.9. The van der Waals surface area contributed by atoms with E-state index in [9.17, 15) is 0 Å². The molecule has 0 aliphatic rings. The Balaban J connectivity index is 0.00000141. The molecule has 0 saturated heterocycles. The van der Waals surface area contributed by atoms with Crippen LogP contribution in [0.4, 0.5) is 0 Å². The Kier molecular flexibility index (Phi) is 14.0. The van der Waals surface area contributed by atoms with Gasteiger partial charge in [0.05, 0.1) is 0 Å². The Morgan fingerprint density at radius 3 is 1.20 bits per heavy atom. The molecule has 173 valence electrons. The van der Waals surface area contributed by atoms with Crippen molar-refractivity contribution in [3.05, 3.63) is 75.1 Å². The van der Waals surface area contributed by atoms with E-state index < -0.39 is 0 Å². The van der Waals surface area contributed by atoms with Crippen molar-refractivity contribution in [2.45, 2.75) is 65.5 Å². The first-order valence-electron chi connectivity index (χ1n) is 10.7. The summed E-state index contributed by atoms with van der Waals surface area (Å²) in [5.41, 5.74) is 21.0. The Bertz CT molecular complexity index is 649. The summed E-state index contributed by atoms with van der Waals surface area (Å²) < 4.78 is 0. The third-order valence-electron chi connectivity index (χ3n) is 5.49. The molecule has 0 radical (unpaired) electrons. The monoisotopic (exact) mass is 499 g/mol. The summed E-state index contributed by atoms with van der Waals surface area (Å²) in [5, 5.41) is 4.78. The first-order valence-corrected chi connectivity index (χ1v) is 13.2. The van der Waals surface area contributed by atoms with Crippen LogP contribution in [0.25, 0.3) is 5.32 Å². The average molecular weight is 501 g/mol. The number of benzene rings is 2. The fourth-order valence-corrected chi connectivity index (χ4v) is 4.05. The second kappa shape index (κ2) is 15.3. The van der Waals surface area contributed by atoms with Gasteiger partial charge in [-0.3, -0.25) is 0 Å². The van der Waals surface area contributed by atoms with Gasteiger partial charge in [0.15, 0.2) is 0 Å². The number of hydrogen-bond acceptors (Lipinski definition) is 2. The van der Waals surface area contributed by atoms with Gasteiger partial charge < -0.3 is 16.8 Å². The molecule has 30 heavy (non-hydrogen) atoms. The summed E-state index contributed by atoms with van der Waals surface area (Å²) in [5.74, 6) is 0. The van der Waals surface area contributed by atoms with E-state index in [1.807, 2.05) is 0 Å². The molecule has 0 bridgehead atoms. The first kappa shape index (κ1) is 27.5. The zero-order valence-corrected chi connectivity index (χ0v) is 21.0. The van der Waals surface area contributed by atoms with Crippen LogP contribution in [0.2, 0.25) is 0 Å². The van der Waals surface area contributed by atoms with Crippen LogP contribution >= 0.6 is 20.2 Å². The second-order valence-corrected chi connectivity index (χ2v) is 8.79. The molecule has 4 N–H and O–H groups in total. The summed E-state index contributed by atoms with van der Waals surface area (Å²) in [6.07, 6.45) is 4.00. The van der Waals surface area contributed by atoms with Crippen molar-refractivity contribution >= 4 is 20.2 Å². The minimum absolute atomic E-state index is 0.0598. The Morgan fingerprint density at radius 2 is 0.967 bits per heavy atom. The van der Waals surface area contributed by atoms with Gasteiger partial charge in [-0.05, 0) is 59.1 Å². The van der Waals surface area contributed by atoms with Crippen LogP contribution < -0.4 is 11.5 Å². The second-order valence-electron chi connectivity index (χ2n) is 7.24. The molecule has 2 unspecified atom stereocenters. The van der Waals surface area contributed by atoms with Crippen molar-refractivity contribution in [1.29, 1.82) is 0 Å². The van der Waals surface area contributed by atoms with Crippen molar-refractivity contribution in [2.75, 3.05) is 13.1 Å². The predicted octanol–water partition coefficient (Wildman–Crippen LogP) is 6.39. The summed E-state index contributed by atoms with van der Waals surface area (Å²) in [4.78, 5) is 0. The molecule has 0 amide bonds. The van der Waals surface area contributed by atoms with Crippen molar-refractivity contribution in [2.24, 2.45) is 11.5 Å².